The number of hydrogen-bond acceptors (Lipinski definition) is 2. The van der Waals surface area contributed by atoms with Crippen LogP contribution in [0.4, 0.5) is 0 Å². The number of ether oxygens (including phenoxy) is 2. The largest absolute Gasteiger partial charge is 0.350 e. The molecule has 1 fully saturated rings. The van der Waals surface area contributed by atoms with E-state index in [0.29, 0.717) is 0 Å². The molecule has 96 valence electrons. The van der Waals surface area contributed by atoms with E-state index in [1.165, 1.54) is 64.2 Å². The first kappa shape index (κ1) is 14.0. The Morgan fingerprint density at radius 3 is 1.88 bits per heavy atom. The Morgan fingerprint density at radius 2 is 1.38 bits per heavy atom. The summed E-state index contributed by atoms with van der Waals surface area (Å²) in [5.41, 5.74) is 0. The summed E-state index contributed by atoms with van der Waals surface area (Å²) in [5, 5.41) is 0. The first-order valence-electron chi connectivity index (χ1n) is 7.16. The van der Waals surface area contributed by atoms with Gasteiger partial charge in [0.2, 0.25) is 0 Å². The van der Waals surface area contributed by atoms with Crippen molar-refractivity contribution >= 4 is 0 Å². The third kappa shape index (κ3) is 9.17. The average molecular weight is 228 g/mol. The van der Waals surface area contributed by atoms with Crippen LogP contribution in [0.1, 0.15) is 71.1 Å². The Bertz CT molecular complexity index is 144. The van der Waals surface area contributed by atoms with E-state index in [9.17, 15) is 0 Å². The van der Waals surface area contributed by atoms with Crippen LogP contribution in [0.5, 0.6) is 0 Å². The minimum Gasteiger partial charge on any atom is -0.350 e. The van der Waals surface area contributed by atoms with Gasteiger partial charge in [-0.25, -0.2) is 0 Å². The highest BCUT2D eigenvalue weighted by molar-refractivity contribution is 4.55. The molecule has 1 aliphatic rings. The van der Waals surface area contributed by atoms with Gasteiger partial charge in [-0.3, -0.25) is 0 Å². The van der Waals surface area contributed by atoms with E-state index in [-0.39, 0.29) is 6.29 Å². The topological polar surface area (TPSA) is 21.8 Å². The van der Waals surface area contributed by atoms with E-state index < -0.39 is 0 Å². The quantitative estimate of drug-likeness (QED) is 0.367. The second-order valence-electron chi connectivity index (χ2n) is 4.82. The summed E-state index contributed by atoms with van der Waals surface area (Å²) < 4.78 is 10.4. The lowest BCUT2D eigenvalue weighted by atomic mass is 10.1. The van der Waals surface area contributed by atoms with Crippen LogP contribution in [0, 0.1) is 0 Å². The summed E-state index contributed by atoms with van der Waals surface area (Å²) in [6.45, 7) is 3.98. The highest BCUT2D eigenvalue weighted by Gasteiger charge is 2.22. The van der Waals surface area contributed by atoms with Crippen molar-refractivity contribution in [2.24, 2.45) is 0 Å². The predicted octanol–water partition coefficient (Wildman–Crippen LogP) is 4.28. The Kier molecular flexibility index (Phi) is 8.83. The van der Waals surface area contributed by atoms with E-state index in [1.54, 1.807) is 0 Å². The molecule has 0 aromatic heterocycles. The number of unbranched alkanes of at least 4 members (excludes halogenated alkanes) is 9. The Morgan fingerprint density at radius 1 is 0.875 bits per heavy atom. The van der Waals surface area contributed by atoms with Crippen molar-refractivity contribution in [1.82, 2.24) is 0 Å². The van der Waals surface area contributed by atoms with Gasteiger partial charge in [-0.2, -0.15) is 0 Å². The van der Waals surface area contributed by atoms with Crippen molar-refractivity contribution in [3.8, 4) is 0 Å². The molecule has 1 aliphatic heterocycles. The summed E-state index contributed by atoms with van der Waals surface area (Å²) in [7, 11) is 0. The van der Waals surface area contributed by atoms with Gasteiger partial charge in [-0.15, -0.1) is 0 Å². The van der Waals surface area contributed by atoms with Crippen molar-refractivity contribution in [2.45, 2.75) is 77.4 Å². The number of hydrogen-bond donors (Lipinski definition) is 0. The minimum absolute atomic E-state index is 0.151. The molecule has 1 unspecified atom stereocenters. The monoisotopic (exact) mass is 228 g/mol. The summed E-state index contributed by atoms with van der Waals surface area (Å²) in [6.07, 6.45) is 14.0. The second kappa shape index (κ2) is 10.1. The van der Waals surface area contributed by atoms with Gasteiger partial charge in [0.15, 0.2) is 6.29 Å². The predicted molar refractivity (Wildman–Crippen MR) is 67.5 cm³/mol. The minimum atomic E-state index is 0.151. The molecule has 0 aromatic carbocycles. The first-order chi connectivity index (χ1) is 7.93. The summed E-state index contributed by atoms with van der Waals surface area (Å²) >= 11 is 0. The van der Waals surface area contributed by atoms with Gasteiger partial charge in [0.25, 0.3) is 0 Å². The van der Waals surface area contributed by atoms with Crippen LogP contribution in [0.25, 0.3) is 0 Å². The molecule has 0 aromatic rings. The average Bonchev–Trinajstić information content (AvgIpc) is 3.10. The highest BCUT2D eigenvalue weighted by atomic mass is 16.8. The van der Waals surface area contributed by atoms with Gasteiger partial charge >= 0.3 is 0 Å². The fourth-order valence-corrected chi connectivity index (χ4v) is 1.94. The summed E-state index contributed by atoms with van der Waals surface area (Å²) in [4.78, 5) is 0. The van der Waals surface area contributed by atoms with Gasteiger partial charge < -0.3 is 9.47 Å². The lowest BCUT2D eigenvalue weighted by Crippen LogP contribution is -1.97. The van der Waals surface area contributed by atoms with Gasteiger partial charge in [0.1, 0.15) is 6.61 Å². The molecular formula is C14H28O2. The second-order valence-corrected chi connectivity index (χ2v) is 4.82. The van der Waals surface area contributed by atoms with Gasteiger partial charge in [-0.05, 0) is 6.42 Å². The molecule has 1 rings (SSSR count). The van der Waals surface area contributed by atoms with Crippen molar-refractivity contribution in [2.75, 3.05) is 13.2 Å². The maximum Gasteiger partial charge on any atom is 0.181 e. The Labute approximate surface area is 101 Å². The molecule has 0 N–H and O–H groups in total. The molecular weight excluding hydrogens is 200 g/mol. The van der Waals surface area contributed by atoms with Crippen LogP contribution in [0.15, 0.2) is 0 Å². The standard InChI is InChI=1S/C14H28O2/c1-2-3-4-5-6-7-8-9-10-11-12-15-14-13-16-14/h14H,2-13H2,1H3. The van der Waals surface area contributed by atoms with E-state index in [0.717, 1.165) is 13.2 Å². The maximum absolute atomic E-state index is 5.40. The van der Waals surface area contributed by atoms with Crippen molar-refractivity contribution in [3.63, 3.8) is 0 Å². The molecule has 1 heterocycles. The molecule has 2 nitrogen and oxygen atoms in total. The first-order valence-corrected chi connectivity index (χ1v) is 7.16. The molecule has 2 heteroatoms. The Balaban J connectivity index is 1.61. The molecule has 0 spiro atoms. The van der Waals surface area contributed by atoms with E-state index >= 15 is 0 Å². The van der Waals surface area contributed by atoms with Crippen LogP contribution in [0.2, 0.25) is 0 Å². The van der Waals surface area contributed by atoms with Gasteiger partial charge in [0, 0.05) is 6.61 Å². The molecule has 0 bridgehead atoms. The molecule has 0 aliphatic carbocycles. The molecule has 0 amide bonds. The van der Waals surface area contributed by atoms with E-state index in [1.807, 2.05) is 0 Å². The smallest absolute Gasteiger partial charge is 0.181 e. The molecule has 0 radical (unpaired) electrons. The van der Waals surface area contributed by atoms with Crippen LogP contribution < -0.4 is 0 Å². The zero-order valence-electron chi connectivity index (χ0n) is 10.9. The van der Waals surface area contributed by atoms with Crippen LogP contribution in [-0.2, 0) is 9.47 Å². The van der Waals surface area contributed by atoms with Gasteiger partial charge in [-0.1, -0.05) is 64.7 Å². The van der Waals surface area contributed by atoms with Gasteiger partial charge in [0.05, 0.1) is 0 Å². The SMILES string of the molecule is CCCCCCCCCCCCOC1CO1. The van der Waals surface area contributed by atoms with E-state index in [4.69, 9.17) is 9.47 Å². The summed E-state index contributed by atoms with van der Waals surface area (Å²) in [6, 6.07) is 0. The highest BCUT2D eigenvalue weighted by Crippen LogP contribution is 2.13. The van der Waals surface area contributed by atoms with Crippen LogP contribution in [0.3, 0.4) is 0 Å². The van der Waals surface area contributed by atoms with Crippen LogP contribution in [-0.4, -0.2) is 19.5 Å². The zero-order valence-corrected chi connectivity index (χ0v) is 10.9. The zero-order chi connectivity index (χ0) is 11.5. The lowest BCUT2D eigenvalue weighted by molar-refractivity contribution is 0.0478. The van der Waals surface area contributed by atoms with Crippen molar-refractivity contribution < 1.29 is 9.47 Å². The van der Waals surface area contributed by atoms with E-state index in [2.05, 4.69) is 6.92 Å². The third-order valence-electron chi connectivity index (χ3n) is 3.10. The number of epoxide rings is 1. The molecule has 1 saturated heterocycles. The molecule has 1 atom stereocenters. The normalized spacial score (nSPS) is 18.9. The molecule has 0 saturated carbocycles. The fourth-order valence-electron chi connectivity index (χ4n) is 1.94. The Hall–Kier alpha value is -0.0800. The van der Waals surface area contributed by atoms with Crippen molar-refractivity contribution in [1.29, 1.82) is 0 Å². The summed E-state index contributed by atoms with van der Waals surface area (Å²) in [5.74, 6) is 0. The van der Waals surface area contributed by atoms with Crippen molar-refractivity contribution in [3.05, 3.63) is 0 Å². The lowest BCUT2D eigenvalue weighted by Gasteiger charge is -2.02. The fraction of sp³-hybridized carbons (Fsp3) is 1.00. The maximum atomic E-state index is 5.40. The number of rotatable bonds is 12. The third-order valence-corrected chi connectivity index (χ3v) is 3.10. The molecule has 16 heavy (non-hydrogen) atoms. The van der Waals surface area contributed by atoms with Crippen LogP contribution >= 0.6 is 0 Å².